The highest BCUT2D eigenvalue weighted by Crippen LogP contribution is 2.28. The molecule has 96 valence electrons. The average molecular weight is 246 g/mol. The van der Waals surface area contributed by atoms with E-state index in [0.29, 0.717) is 18.4 Å². The van der Waals surface area contributed by atoms with E-state index in [9.17, 15) is 5.11 Å². The minimum Gasteiger partial charge on any atom is -0.392 e. The molecule has 1 heterocycles. The SMILES string of the molecule is CC1(O)CCN(c2ccc(CO)cc2C#N)CC1. The van der Waals surface area contributed by atoms with E-state index in [-0.39, 0.29) is 6.61 Å². The molecular weight excluding hydrogens is 228 g/mol. The first-order chi connectivity index (χ1) is 8.55. The number of piperidine rings is 1. The summed E-state index contributed by atoms with van der Waals surface area (Å²) in [5, 5.41) is 28.2. The van der Waals surface area contributed by atoms with Gasteiger partial charge in [0.15, 0.2) is 0 Å². The van der Waals surface area contributed by atoms with Gasteiger partial charge in [-0.3, -0.25) is 0 Å². The highest BCUT2D eigenvalue weighted by molar-refractivity contribution is 5.60. The molecule has 2 N–H and O–H groups in total. The molecule has 0 amide bonds. The van der Waals surface area contributed by atoms with Crippen LogP contribution in [0.15, 0.2) is 18.2 Å². The summed E-state index contributed by atoms with van der Waals surface area (Å²) >= 11 is 0. The fraction of sp³-hybridized carbons (Fsp3) is 0.500. The molecule has 0 saturated carbocycles. The second-order valence-corrected chi connectivity index (χ2v) is 5.11. The number of hydrogen-bond donors (Lipinski definition) is 2. The molecule has 0 atom stereocenters. The standard InChI is InChI=1S/C14H18N2O2/c1-14(18)4-6-16(7-5-14)13-3-2-11(10-17)8-12(13)9-15/h2-3,8,17-18H,4-7,10H2,1H3. The number of hydrogen-bond acceptors (Lipinski definition) is 4. The third kappa shape index (κ3) is 2.63. The van der Waals surface area contributed by atoms with E-state index >= 15 is 0 Å². The highest BCUT2D eigenvalue weighted by Gasteiger charge is 2.28. The van der Waals surface area contributed by atoms with Crippen molar-refractivity contribution in [3.05, 3.63) is 29.3 Å². The monoisotopic (exact) mass is 246 g/mol. The number of nitriles is 1. The molecular formula is C14H18N2O2. The Labute approximate surface area is 107 Å². The van der Waals surface area contributed by atoms with Gasteiger partial charge in [0.25, 0.3) is 0 Å². The van der Waals surface area contributed by atoms with Crippen LogP contribution in [0.2, 0.25) is 0 Å². The van der Waals surface area contributed by atoms with Crippen LogP contribution in [0.25, 0.3) is 0 Å². The average Bonchev–Trinajstić information content (AvgIpc) is 2.38. The molecule has 1 aromatic rings. The van der Waals surface area contributed by atoms with Gasteiger partial charge in [0, 0.05) is 13.1 Å². The number of aliphatic hydroxyl groups is 2. The highest BCUT2D eigenvalue weighted by atomic mass is 16.3. The van der Waals surface area contributed by atoms with E-state index in [0.717, 1.165) is 24.3 Å². The summed E-state index contributed by atoms with van der Waals surface area (Å²) in [6, 6.07) is 7.61. The van der Waals surface area contributed by atoms with E-state index in [1.54, 1.807) is 6.07 Å². The zero-order valence-corrected chi connectivity index (χ0v) is 10.6. The molecule has 1 aliphatic heterocycles. The molecule has 0 aromatic heterocycles. The first-order valence-electron chi connectivity index (χ1n) is 6.17. The van der Waals surface area contributed by atoms with Crippen LogP contribution >= 0.6 is 0 Å². The van der Waals surface area contributed by atoms with Crippen LogP contribution in [0.4, 0.5) is 5.69 Å². The van der Waals surface area contributed by atoms with Gasteiger partial charge >= 0.3 is 0 Å². The first-order valence-corrected chi connectivity index (χ1v) is 6.17. The Kier molecular flexibility index (Phi) is 3.55. The van der Waals surface area contributed by atoms with Gasteiger partial charge in [-0.25, -0.2) is 0 Å². The maximum Gasteiger partial charge on any atom is 0.101 e. The number of aliphatic hydroxyl groups excluding tert-OH is 1. The van der Waals surface area contributed by atoms with Gasteiger partial charge in [-0.1, -0.05) is 6.07 Å². The van der Waals surface area contributed by atoms with Crippen LogP contribution in [0.5, 0.6) is 0 Å². The summed E-state index contributed by atoms with van der Waals surface area (Å²) in [6.07, 6.45) is 1.42. The van der Waals surface area contributed by atoms with Crippen molar-refractivity contribution < 1.29 is 10.2 Å². The molecule has 1 aliphatic rings. The zero-order valence-electron chi connectivity index (χ0n) is 10.6. The largest absolute Gasteiger partial charge is 0.392 e. The lowest BCUT2D eigenvalue weighted by Crippen LogP contribution is -2.42. The smallest absolute Gasteiger partial charge is 0.101 e. The molecule has 18 heavy (non-hydrogen) atoms. The predicted octanol–water partition coefficient (Wildman–Crippen LogP) is 1.40. The molecule has 0 spiro atoms. The number of anilines is 1. The molecule has 0 radical (unpaired) electrons. The van der Waals surface area contributed by atoms with Crippen LogP contribution in [-0.4, -0.2) is 28.9 Å². The van der Waals surface area contributed by atoms with Crippen molar-refractivity contribution in [1.82, 2.24) is 0 Å². The topological polar surface area (TPSA) is 67.5 Å². The molecule has 0 bridgehead atoms. The van der Waals surface area contributed by atoms with E-state index in [1.807, 2.05) is 19.1 Å². The molecule has 1 saturated heterocycles. The minimum absolute atomic E-state index is 0.0519. The second kappa shape index (κ2) is 4.97. The maximum atomic E-state index is 9.92. The minimum atomic E-state index is -0.589. The van der Waals surface area contributed by atoms with Gasteiger partial charge in [0.1, 0.15) is 6.07 Å². The summed E-state index contributed by atoms with van der Waals surface area (Å²) in [4.78, 5) is 2.12. The van der Waals surface area contributed by atoms with E-state index in [4.69, 9.17) is 10.4 Å². The van der Waals surface area contributed by atoms with Gasteiger partial charge in [0.05, 0.1) is 23.5 Å². The van der Waals surface area contributed by atoms with Crippen LogP contribution in [-0.2, 0) is 6.61 Å². The van der Waals surface area contributed by atoms with Gasteiger partial charge in [-0.2, -0.15) is 5.26 Å². The van der Waals surface area contributed by atoms with Gasteiger partial charge in [-0.15, -0.1) is 0 Å². The Hall–Kier alpha value is -1.57. The van der Waals surface area contributed by atoms with Gasteiger partial charge < -0.3 is 15.1 Å². The van der Waals surface area contributed by atoms with Crippen molar-refractivity contribution in [1.29, 1.82) is 5.26 Å². The van der Waals surface area contributed by atoms with Crippen LogP contribution in [0.1, 0.15) is 30.9 Å². The van der Waals surface area contributed by atoms with Crippen LogP contribution < -0.4 is 4.90 Å². The zero-order chi connectivity index (χ0) is 13.2. The summed E-state index contributed by atoms with van der Waals surface area (Å²) in [6.45, 7) is 3.30. The summed E-state index contributed by atoms with van der Waals surface area (Å²) < 4.78 is 0. The molecule has 4 nitrogen and oxygen atoms in total. The molecule has 0 aliphatic carbocycles. The fourth-order valence-electron chi connectivity index (χ4n) is 2.28. The summed E-state index contributed by atoms with van der Waals surface area (Å²) in [5.74, 6) is 0. The Bertz CT molecular complexity index is 467. The summed E-state index contributed by atoms with van der Waals surface area (Å²) in [7, 11) is 0. The van der Waals surface area contributed by atoms with Crippen molar-refractivity contribution in [2.45, 2.75) is 32.0 Å². The Morgan fingerprint density at radius 2 is 2.06 bits per heavy atom. The Balaban J connectivity index is 2.22. The van der Waals surface area contributed by atoms with E-state index in [1.165, 1.54) is 0 Å². The molecule has 4 heteroatoms. The third-order valence-electron chi connectivity index (χ3n) is 3.55. The maximum absolute atomic E-state index is 9.92. The molecule has 1 fully saturated rings. The quantitative estimate of drug-likeness (QED) is 0.827. The van der Waals surface area contributed by atoms with Crippen molar-refractivity contribution in [3.8, 4) is 6.07 Å². The first kappa shape index (κ1) is 12.9. The molecule has 0 unspecified atom stereocenters. The lowest BCUT2D eigenvalue weighted by Gasteiger charge is -2.37. The fourth-order valence-corrected chi connectivity index (χ4v) is 2.28. The van der Waals surface area contributed by atoms with Gasteiger partial charge in [-0.05, 0) is 37.5 Å². The van der Waals surface area contributed by atoms with E-state index in [2.05, 4.69) is 11.0 Å². The van der Waals surface area contributed by atoms with Crippen molar-refractivity contribution in [2.75, 3.05) is 18.0 Å². The normalized spacial score (nSPS) is 18.4. The van der Waals surface area contributed by atoms with Crippen molar-refractivity contribution in [3.63, 3.8) is 0 Å². The number of benzene rings is 1. The number of rotatable bonds is 2. The lowest BCUT2D eigenvalue weighted by atomic mass is 9.93. The van der Waals surface area contributed by atoms with Crippen LogP contribution in [0.3, 0.4) is 0 Å². The Morgan fingerprint density at radius 1 is 1.39 bits per heavy atom. The van der Waals surface area contributed by atoms with Gasteiger partial charge in [0.2, 0.25) is 0 Å². The summed E-state index contributed by atoms with van der Waals surface area (Å²) in [5.41, 5.74) is 1.64. The lowest BCUT2D eigenvalue weighted by molar-refractivity contribution is 0.0351. The Morgan fingerprint density at radius 3 is 2.61 bits per heavy atom. The predicted molar refractivity (Wildman–Crippen MR) is 69.2 cm³/mol. The second-order valence-electron chi connectivity index (χ2n) is 5.11. The number of nitrogens with zero attached hydrogens (tertiary/aromatic N) is 2. The van der Waals surface area contributed by atoms with Crippen molar-refractivity contribution in [2.24, 2.45) is 0 Å². The molecule has 2 rings (SSSR count). The van der Waals surface area contributed by atoms with Crippen molar-refractivity contribution >= 4 is 5.69 Å². The molecule has 1 aromatic carbocycles. The van der Waals surface area contributed by atoms with E-state index < -0.39 is 5.60 Å². The van der Waals surface area contributed by atoms with Crippen LogP contribution in [0, 0.1) is 11.3 Å². The third-order valence-corrected chi connectivity index (χ3v) is 3.55.